The van der Waals surface area contributed by atoms with Crippen LogP contribution in [0, 0.1) is 0 Å². The number of para-hydroxylation sites is 1. The zero-order valence-electron chi connectivity index (χ0n) is 14.0. The normalized spacial score (nSPS) is 12.3. The van der Waals surface area contributed by atoms with Crippen LogP contribution in [0.3, 0.4) is 0 Å². The molecule has 0 fully saturated rings. The number of nitrogens with one attached hydrogen (secondary N) is 1. The van der Waals surface area contributed by atoms with E-state index in [1.807, 2.05) is 42.5 Å². The minimum atomic E-state index is -0.282. The monoisotopic (exact) mass is 359 g/mol. The van der Waals surface area contributed by atoms with Crippen molar-refractivity contribution < 1.29 is 14.3 Å². The van der Waals surface area contributed by atoms with Crippen LogP contribution in [0.2, 0.25) is 0 Å². The zero-order chi connectivity index (χ0) is 18.2. The number of hydrogen-bond donors (Lipinski definition) is 1. The summed E-state index contributed by atoms with van der Waals surface area (Å²) in [4.78, 5) is 17.5. The summed E-state index contributed by atoms with van der Waals surface area (Å²) < 4.78 is 12.2. The van der Waals surface area contributed by atoms with E-state index < -0.39 is 0 Å². The first kappa shape index (κ1) is 15.3. The molecule has 1 aliphatic heterocycles. The number of nitrogens with zero attached hydrogens (tertiary/aromatic N) is 4. The van der Waals surface area contributed by atoms with E-state index in [-0.39, 0.29) is 12.7 Å². The number of carbonyl (C=O) groups excluding carboxylic acids is 1. The number of rotatable bonds is 3. The molecule has 0 unspecified atom stereocenters. The highest BCUT2D eigenvalue weighted by Crippen LogP contribution is 2.36. The largest absolute Gasteiger partial charge is 0.454 e. The highest BCUT2D eigenvalue weighted by atomic mass is 16.7. The van der Waals surface area contributed by atoms with E-state index in [4.69, 9.17) is 14.5 Å². The van der Waals surface area contributed by atoms with Crippen molar-refractivity contribution in [3.63, 3.8) is 0 Å². The Morgan fingerprint density at radius 1 is 1.00 bits per heavy atom. The lowest BCUT2D eigenvalue weighted by Gasteiger charge is -2.11. The summed E-state index contributed by atoms with van der Waals surface area (Å²) in [7, 11) is 0. The summed E-state index contributed by atoms with van der Waals surface area (Å²) in [6.07, 6.45) is 2.83. The van der Waals surface area contributed by atoms with E-state index in [0.717, 1.165) is 16.5 Å². The van der Waals surface area contributed by atoms with Crippen LogP contribution in [-0.4, -0.2) is 32.6 Å². The van der Waals surface area contributed by atoms with Crippen LogP contribution in [0.4, 0.5) is 0 Å². The highest BCUT2D eigenvalue weighted by Gasteiger charge is 2.17. The molecule has 0 spiro atoms. The van der Waals surface area contributed by atoms with E-state index in [2.05, 4.69) is 15.6 Å². The SMILES string of the molecule is O=C(Nn1cnnc1)c1cc(-c2ccc3c(c2)OCO3)nc2ccccc12. The summed E-state index contributed by atoms with van der Waals surface area (Å²) in [6.45, 7) is 0.205. The molecule has 1 amide bonds. The van der Waals surface area contributed by atoms with Gasteiger partial charge in [-0.3, -0.25) is 10.2 Å². The molecule has 2 aromatic heterocycles. The van der Waals surface area contributed by atoms with E-state index in [9.17, 15) is 4.79 Å². The van der Waals surface area contributed by atoms with Gasteiger partial charge in [-0.2, -0.15) is 0 Å². The molecule has 132 valence electrons. The first-order valence-corrected chi connectivity index (χ1v) is 8.24. The fraction of sp³-hybridized carbons (Fsp3) is 0.0526. The van der Waals surface area contributed by atoms with Gasteiger partial charge in [-0.1, -0.05) is 18.2 Å². The molecule has 1 aliphatic rings. The summed E-state index contributed by atoms with van der Waals surface area (Å²) in [5.74, 6) is 1.08. The Bertz CT molecular complexity index is 1160. The average Bonchev–Trinajstić information content (AvgIpc) is 3.38. The Balaban J connectivity index is 1.63. The van der Waals surface area contributed by atoms with Crippen LogP contribution in [-0.2, 0) is 0 Å². The number of carbonyl (C=O) groups is 1. The Hall–Kier alpha value is -3.94. The molecule has 27 heavy (non-hydrogen) atoms. The van der Waals surface area contributed by atoms with Crippen LogP contribution in [0.1, 0.15) is 10.4 Å². The van der Waals surface area contributed by atoms with Crippen LogP contribution in [0.15, 0.2) is 61.2 Å². The third-order valence-electron chi connectivity index (χ3n) is 4.28. The maximum atomic E-state index is 12.8. The summed E-state index contributed by atoms with van der Waals surface area (Å²) in [5.41, 5.74) is 5.46. The Kier molecular flexibility index (Phi) is 3.46. The lowest BCUT2D eigenvalue weighted by molar-refractivity contribution is 0.101. The van der Waals surface area contributed by atoms with Gasteiger partial charge < -0.3 is 9.47 Å². The average molecular weight is 359 g/mol. The Morgan fingerprint density at radius 2 is 1.81 bits per heavy atom. The smallest absolute Gasteiger partial charge is 0.270 e. The number of hydrogen-bond acceptors (Lipinski definition) is 6. The van der Waals surface area contributed by atoms with E-state index in [1.54, 1.807) is 6.07 Å². The van der Waals surface area contributed by atoms with Crippen LogP contribution in [0.5, 0.6) is 11.5 Å². The van der Waals surface area contributed by atoms with Gasteiger partial charge in [-0.15, -0.1) is 10.2 Å². The first-order valence-electron chi connectivity index (χ1n) is 8.24. The molecule has 0 saturated heterocycles. The number of fused-ring (bicyclic) bond motifs is 2. The number of benzene rings is 2. The highest BCUT2D eigenvalue weighted by molar-refractivity contribution is 6.10. The topological polar surface area (TPSA) is 91.2 Å². The van der Waals surface area contributed by atoms with E-state index >= 15 is 0 Å². The zero-order valence-corrected chi connectivity index (χ0v) is 14.0. The Labute approximate surface area is 153 Å². The van der Waals surface area contributed by atoms with Gasteiger partial charge in [-0.05, 0) is 30.3 Å². The molecule has 0 aliphatic carbocycles. The van der Waals surface area contributed by atoms with Gasteiger partial charge in [0, 0.05) is 10.9 Å². The van der Waals surface area contributed by atoms with Gasteiger partial charge in [-0.25, -0.2) is 9.66 Å². The van der Waals surface area contributed by atoms with Crippen molar-refractivity contribution in [3.05, 3.63) is 66.7 Å². The summed E-state index contributed by atoms with van der Waals surface area (Å²) >= 11 is 0. The summed E-state index contributed by atoms with van der Waals surface area (Å²) in [5, 5.41) is 8.14. The maximum Gasteiger partial charge on any atom is 0.270 e. The van der Waals surface area contributed by atoms with Gasteiger partial charge in [0.2, 0.25) is 6.79 Å². The first-order chi connectivity index (χ1) is 13.3. The van der Waals surface area contributed by atoms with Gasteiger partial charge in [0.1, 0.15) is 12.7 Å². The second-order valence-corrected chi connectivity index (χ2v) is 5.95. The molecule has 0 radical (unpaired) electrons. The van der Waals surface area contributed by atoms with Crippen molar-refractivity contribution in [3.8, 4) is 22.8 Å². The van der Waals surface area contributed by atoms with Crippen LogP contribution in [0.25, 0.3) is 22.2 Å². The van der Waals surface area contributed by atoms with Gasteiger partial charge >= 0.3 is 0 Å². The van der Waals surface area contributed by atoms with Gasteiger partial charge in [0.05, 0.1) is 16.8 Å². The summed E-state index contributed by atoms with van der Waals surface area (Å²) in [6, 6.07) is 14.9. The van der Waals surface area contributed by atoms with Crippen molar-refractivity contribution in [1.82, 2.24) is 19.9 Å². The van der Waals surface area contributed by atoms with Crippen LogP contribution >= 0.6 is 0 Å². The fourth-order valence-corrected chi connectivity index (χ4v) is 3.00. The molecule has 0 bridgehead atoms. The third kappa shape index (κ3) is 2.73. The quantitative estimate of drug-likeness (QED) is 0.605. The molecule has 2 aromatic carbocycles. The number of amides is 1. The molecule has 1 N–H and O–H groups in total. The lowest BCUT2D eigenvalue weighted by atomic mass is 10.0. The van der Waals surface area contributed by atoms with Gasteiger partial charge in [0.25, 0.3) is 5.91 Å². The van der Waals surface area contributed by atoms with Crippen molar-refractivity contribution in [1.29, 1.82) is 0 Å². The molecule has 5 rings (SSSR count). The number of ether oxygens (including phenoxy) is 2. The van der Waals surface area contributed by atoms with Crippen molar-refractivity contribution >= 4 is 16.8 Å². The maximum absolute atomic E-state index is 12.8. The molecule has 0 atom stereocenters. The molecule has 3 heterocycles. The van der Waals surface area contributed by atoms with E-state index in [1.165, 1.54) is 17.3 Å². The number of aromatic nitrogens is 4. The van der Waals surface area contributed by atoms with Gasteiger partial charge in [0.15, 0.2) is 11.5 Å². The van der Waals surface area contributed by atoms with Crippen molar-refractivity contribution in [2.24, 2.45) is 0 Å². The molecule has 4 aromatic rings. The standard InChI is InChI=1S/C19H13N5O3/c25-19(23-24-9-20-21-10-24)14-8-16(22-15-4-2-1-3-13(14)15)12-5-6-17-18(7-12)27-11-26-17/h1-10H,11H2,(H,23,25). The number of pyridine rings is 1. The fourth-order valence-electron chi connectivity index (χ4n) is 3.00. The minimum absolute atomic E-state index is 0.205. The second kappa shape index (κ2) is 6.10. The van der Waals surface area contributed by atoms with Crippen molar-refractivity contribution in [2.45, 2.75) is 0 Å². The van der Waals surface area contributed by atoms with Crippen molar-refractivity contribution in [2.75, 3.05) is 12.2 Å². The molecule has 8 heteroatoms. The molecular formula is C19H13N5O3. The molecule has 8 nitrogen and oxygen atoms in total. The lowest BCUT2D eigenvalue weighted by Crippen LogP contribution is -2.22. The minimum Gasteiger partial charge on any atom is -0.454 e. The van der Waals surface area contributed by atoms with E-state index in [0.29, 0.717) is 22.8 Å². The second-order valence-electron chi connectivity index (χ2n) is 5.95. The molecular weight excluding hydrogens is 346 g/mol. The molecule has 0 saturated carbocycles. The third-order valence-corrected chi connectivity index (χ3v) is 4.28. The predicted octanol–water partition coefficient (Wildman–Crippen LogP) is 2.61. The predicted molar refractivity (Wildman–Crippen MR) is 97.0 cm³/mol. The Morgan fingerprint density at radius 3 is 2.70 bits per heavy atom. The van der Waals surface area contributed by atoms with Crippen LogP contribution < -0.4 is 14.9 Å².